The lowest BCUT2D eigenvalue weighted by molar-refractivity contribution is 0.0480. The highest BCUT2D eigenvalue weighted by molar-refractivity contribution is 7.89. The van der Waals surface area contributed by atoms with E-state index < -0.39 is 27.4 Å². The molecule has 2 aliphatic heterocycles. The molecule has 0 unspecified atom stereocenters. The molecule has 11 heteroatoms. The number of halogens is 1. The fraction of sp³-hybridized carbons (Fsp3) is 0.348. The van der Waals surface area contributed by atoms with Crippen LogP contribution in [-0.2, 0) is 19.5 Å². The number of hydrogen-bond donors (Lipinski definition) is 0. The Morgan fingerprint density at radius 3 is 2.29 bits per heavy atom. The fourth-order valence-electron chi connectivity index (χ4n) is 3.81. The highest BCUT2D eigenvalue weighted by Gasteiger charge is 2.34. The third kappa shape index (κ3) is 4.72. The Hall–Kier alpha value is -3.15. The second kappa shape index (κ2) is 10.00. The summed E-state index contributed by atoms with van der Waals surface area (Å²) in [7, 11) is -3.90. The first-order chi connectivity index (χ1) is 16.3. The number of sulfonamides is 1. The van der Waals surface area contributed by atoms with Crippen molar-refractivity contribution in [2.75, 3.05) is 39.5 Å². The van der Waals surface area contributed by atoms with E-state index in [-0.39, 0.29) is 56.2 Å². The Bertz CT molecular complexity index is 1190. The highest BCUT2D eigenvalue weighted by Crippen LogP contribution is 2.23. The van der Waals surface area contributed by atoms with Gasteiger partial charge < -0.3 is 9.47 Å². The zero-order valence-electron chi connectivity index (χ0n) is 18.2. The fourth-order valence-corrected chi connectivity index (χ4v) is 5.25. The molecule has 2 heterocycles. The third-order valence-corrected chi connectivity index (χ3v) is 7.55. The number of rotatable bonds is 8. The molecule has 4 rings (SSSR count). The minimum Gasteiger partial charge on any atom is -0.462 e. The van der Waals surface area contributed by atoms with Crippen LogP contribution in [0.25, 0.3) is 0 Å². The van der Waals surface area contributed by atoms with E-state index >= 15 is 0 Å². The molecule has 0 radical (unpaired) electrons. The summed E-state index contributed by atoms with van der Waals surface area (Å²) >= 11 is 0. The molecule has 2 aliphatic rings. The Labute approximate surface area is 196 Å². The van der Waals surface area contributed by atoms with Crippen molar-refractivity contribution in [1.29, 1.82) is 0 Å². The topological polar surface area (TPSA) is 110 Å². The van der Waals surface area contributed by atoms with E-state index in [4.69, 9.17) is 9.47 Å². The molecule has 180 valence electrons. The maximum absolute atomic E-state index is 14.2. The number of carbonyl (C=O) groups excluding carboxylic acids is 3. The van der Waals surface area contributed by atoms with Crippen molar-refractivity contribution in [2.24, 2.45) is 0 Å². The second-order valence-corrected chi connectivity index (χ2v) is 9.75. The lowest BCUT2D eigenvalue weighted by Gasteiger charge is -2.26. The van der Waals surface area contributed by atoms with Crippen molar-refractivity contribution in [3.8, 4) is 0 Å². The number of hydrogen-bond acceptors (Lipinski definition) is 7. The van der Waals surface area contributed by atoms with Crippen LogP contribution < -0.4 is 0 Å². The van der Waals surface area contributed by atoms with E-state index in [1.165, 1.54) is 4.31 Å². The van der Waals surface area contributed by atoms with Crippen LogP contribution >= 0.6 is 0 Å². The quantitative estimate of drug-likeness (QED) is 0.317. The molecule has 0 saturated carbocycles. The van der Waals surface area contributed by atoms with Crippen molar-refractivity contribution in [1.82, 2.24) is 9.21 Å². The summed E-state index contributed by atoms with van der Waals surface area (Å²) in [5, 5.41) is 0. The molecule has 2 aromatic carbocycles. The van der Waals surface area contributed by atoms with Crippen molar-refractivity contribution in [3.05, 3.63) is 65.0 Å². The smallest absolute Gasteiger partial charge is 0.341 e. The number of amides is 2. The molecule has 0 bridgehead atoms. The van der Waals surface area contributed by atoms with E-state index in [1.54, 1.807) is 24.3 Å². The van der Waals surface area contributed by atoms with Crippen molar-refractivity contribution in [3.63, 3.8) is 0 Å². The van der Waals surface area contributed by atoms with E-state index in [9.17, 15) is 27.2 Å². The minimum absolute atomic E-state index is 0.0815. The number of esters is 1. The van der Waals surface area contributed by atoms with Crippen molar-refractivity contribution >= 4 is 27.8 Å². The molecule has 34 heavy (non-hydrogen) atoms. The number of carbonyl (C=O) groups is 3. The third-order valence-electron chi connectivity index (χ3n) is 5.65. The molecular formula is C23H23FN2O7S. The van der Waals surface area contributed by atoms with E-state index in [0.29, 0.717) is 24.0 Å². The Balaban J connectivity index is 1.31. The van der Waals surface area contributed by atoms with Crippen LogP contribution in [0.15, 0.2) is 47.4 Å². The Morgan fingerprint density at radius 2 is 1.65 bits per heavy atom. The zero-order chi connectivity index (χ0) is 24.3. The van der Waals surface area contributed by atoms with Gasteiger partial charge in [0.15, 0.2) is 0 Å². The first-order valence-corrected chi connectivity index (χ1v) is 12.2. The van der Waals surface area contributed by atoms with Gasteiger partial charge in [0.25, 0.3) is 11.8 Å². The number of unbranched alkanes of at least 4 members (excludes halogenated alkanes) is 1. The highest BCUT2D eigenvalue weighted by atomic mass is 32.2. The first-order valence-electron chi connectivity index (χ1n) is 10.8. The van der Waals surface area contributed by atoms with Crippen LogP contribution in [-0.4, -0.2) is 74.9 Å². The SMILES string of the molecule is O=C(OCCCCN1C(=O)c2ccccc2C1=O)c1cc(S(=O)(=O)N2CCOCC2)ccc1F. The van der Waals surface area contributed by atoms with Gasteiger partial charge in [-0.15, -0.1) is 0 Å². The predicted molar refractivity (Wildman–Crippen MR) is 117 cm³/mol. The molecule has 0 N–H and O–H groups in total. The van der Waals surface area contributed by atoms with Gasteiger partial charge in [-0.3, -0.25) is 14.5 Å². The Morgan fingerprint density at radius 1 is 1.00 bits per heavy atom. The van der Waals surface area contributed by atoms with Crippen LogP contribution in [0.4, 0.5) is 4.39 Å². The monoisotopic (exact) mass is 490 g/mol. The minimum atomic E-state index is -3.90. The average Bonchev–Trinajstić information content (AvgIpc) is 3.09. The van der Waals surface area contributed by atoms with Gasteiger partial charge in [0.05, 0.1) is 41.4 Å². The van der Waals surface area contributed by atoms with Crippen LogP contribution in [0.3, 0.4) is 0 Å². The summed E-state index contributed by atoms with van der Waals surface area (Å²) < 4.78 is 51.3. The number of morpholine rings is 1. The normalized spacial score (nSPS) is 16.6. The van der Waals surface area contributed by atoms with Crippen LogP contribution in [0, 0.1) is 5.82 Å². The van der Waals surface area contributed by atoms with Crippen LogP contribution in [0.2, 0.25) is 0 Å². The average molecular weight is 491 g/mol. The summed E-state index contributed by atoms with van der Waals surface area (Å²) in [6, 6.07) is 9.57. The Kier molecular flexibility index (Phi) is 7.05. The van der Waals surface area contributed by atoms with Gasteiger partial charge >= 0.3 is 5.97 Å². The first kappa shape index (κ1) is 24.0. The lowest BCUT2D eigenvalue weighted by Crippen LogP contribution is -2.40. The van der Waals surface area contributed by atoms with Crippen molar-refractivity contribution in [2.45, 2.75) is 17.7 Å². The van der Waals surface area contributed by atoms with Gasteiger partial charge in [-0.25, -0.2) is 17.6 Å². The molecule has 0 atom stereocenters. The van der Waals surface area contributed by atoms with Gasteiger partial charge in [-0.1, -0.05) is 12.1 Å². The van der Waals surface area contributed by atoms with E-state index in [2.05, 4.69) is 0 Å². The number of nitrogens with zero attached hydrogens (tertiary/aromatic N) is 2. The molecule has 2 aromatic rings. The number of imide groups is 1. The number of ether oxygens (including phenoxy) is 2. The van der Waals surface area contributed by atoms with Gasteiger partial charge in [-0.05, 0) is 43.2 Å². The molecule has 1 fully saturated rings. The summed E-state index contributed by atoms with van der Waals surface area (Å²) in [5.74, 6) is -2.61. The molecular weight excluding hydrogens is 467 g/mol. The maximum Gasteiger partial charge on any atom is 0.341 e. The predicted octanol–water partition coefficient (Wildman–Crippen LogP) is 2.08. The van der Waals surface area contributed by atoms with Gasteiger partial charge in [0, 0.05) is 19.6 Å². The summed E-state index contributed by atoms with van der Waals surface area (Å²) in [5.41, 5.74) is 0.248. The summed E-state index contributed by atoms with van der Waals surface area (Å²) in [4.78, 5) is 38.0. The van der Waals surface area contributed by atoms with Crippen molar-refractivity contribution < 1.29 is 36.7 Å². The van der Waals surface area contributed by atoms with Crippen LogP contribution in [0.1, 0.15) is 43.9 Å². The molecule has 0 aromatic heterocycles. The van der Waals surface area contributed by atoms with Gasteiger partial charge in [-0.2, -0.15) is 4.31 Å². The molecule has 2 amide bonds. The summed E-state index contributed by atoms with van der Waals surface area (Å²) in [6.45, 7) is 0.943. The molecule has 0 aliphatic carbocycles. The number of fused-ring (bicyclic) bond motifs is 1. The number of benzene rings is 2. The van der Waals surface area contributed by atoms with Gasteiger partial charge in [0.1, 0.15) is 5.82 Å². The molecule has 0 spiro atoms. The van der Waals surface area contributed by atoms with E-state index in [0.717, 1.165) is 23.1 Å². The molecule has 1 saturated heterocycles. The maximum atomic E-state index is 14.2. The second-order valence-electron chi connectivity index (χ2n) is 7.81. The zero-order valence-corrected chi connectivity index (χ0v) is 19.1. The van der Waals surface area contributed by atoms with Gasteiger partial charge in [0.2, 0.25) is 10.0 Å². The van der Waals surface area contributed by atoms with E-state index in [1.807, 2.05) is 0 Å². The van der Waals surface area contributed by atoms with Crippen LogP contribution in [0.5, 0.6) is 0 Å². The molecule has 9 nitrogen and oxygen atoms in total. The summed E-state index contributed by atoms with van der Waals surface area (Å²) in [6.07, 6.45) is 0.708. The largest absolute Gasteiger partial charge is 0.462 e. The lowest BCUT2D eigenvalue weighted by atomic mass is 10.1. The standard InChI is InChI=1S/C23H23FN2O7S/c24-20-8-7-16(34(30,31)25-10-13-32-14-11-25)15-19(20)23(29)33-12-4-3-9-26-21(27)17-5-1-2-6-18(17)22(26)28/h1-2,5-8,15H,3-4,9-14H2.